The molecule has 0 aromatic carbocycles. The van der Waals surface area contributed by atoms with E-state index in [9.17, 15) is 9.18 Å². The van der Waals surface area contributed by atoms with Gasteiger partial charge in [0, 0.05) is 0 Å². The molecule has 0 aliphatic rings. The molecular formula is C8H12FN3O2. The molecular weight excluding hydrogens is 189 g/mol. The third-order valence-electron chi connectivity index (χ3n) is 1.82. The van der Waals surface area contributed by atoms with Gasteiger partial charge in [-0.1, -0.05) is 18.6 Å². The molecule has 0 amide bonds. The summed E-state index contributed by atoms with van der Waals surface area (Å²) in [4.78, 5) is 10.7. The van der Waals surface area contributed by atoms with Crippen LogP contribution in [0, 0.1) is 0 Å². The van der Waals surface area contributed by atoms with E-state index in [4.69, 9.17) is 5.11 Å². The highest BCUT2D eigenvalue weighted by Gasteiger charge is 2.17. The number of hydrogen-bond acceptors (Lipinski definition) is 3. The average Bonchev–Trinajstić information content (AvgIpc) is 2.50. The highest BCUT2D eigenvalue weighted by atomic mass is 19.1. The summed E-state index contributed by atoms with van der Waals surface area (Å²) in [5.74, 6) is -1.11. The minimum absolute atomic E-state index is 0.0651. The standard InChI is InChI=1S/C8H12FN3O2/c1-2-3-6-7(8(13)14)10-11-12(6)5-4-9/h2-5H2,1H3,(H,13,14). The third kappa shape index (κ3) is 2.07. The summed E-state index contributed by atoms with van der Waals surface area (Å²) in [5.41, 5.74) is 0.429. The zero-order chi connectivity index (χ0) is 10.6. The van der Waals surface area contributed by atoms with Crippen molar-refractivity contribution in [3.05, 3.63) is 11.4 Å². The number of halogens is 1. The Hall–Kier alpha value is -1.46. The van der Waals surface area contributed by atoms with E-state index in [2.05, 4.69) is 10.3 Å². The molecule has 1 heterocycles. The summed E-state index contributed by atoms with van der Waals surface area (Å²) in [5, 5.41) is 15.9. The van der Waals surface area contributed by atoms with E-state index < -0.39 is 12.6 Å². The number of aryl methyl sites for hydroxylation is 1. The average molecular weight is 201 g/mol. The Morgan fingerprint density at radius 3 is 2.86 bits per heavy atom. The predicted octanol–water partition coefficient (Wildman–Crippen LogP) is 0.898. The summed E-state index contributed by atoms with van der Waals surface area (Å²) in [6, 6.07) is 0. The topological polar surface area (TPSA) is 68.0 Å². The van der Waals surface area contributed by atoms with Crippen LogP contribution < -0.4 is 0 Å². The highest BCUT2D eigenvalue weighted by Crippen LogP contribution is 2.08. The summed E-state index contributed by atoms with van der Waals surface area (Å²) in [6.07, 6.45) is 1.33. The number of carboxylic acids is 1. The van der Waals surface area contributed by atoms with E-state index in [0.29, 0.717) is 12.1 Å². The molecule has 6 heteroatoms. The lowest BCUT2D eigenvalue weighted by atomic mass is 10.2. The number of hydrogen-bond donors (Lipinski definition) is 1. The molecule has 0 unspecified atom stereocenters. The minimum Gasteiger partial charge on any atom is -0.476 e. The van der Waals surface area contributed by atoms with Crippen LogP contribution in [0.1, 0.15) is 29.5 Å². The zero-order valence-electron chi connectivity index (χ0n) is 7.90. The largest absolute Gasteiger partial charge is 0.476 e. The molecule has 78 valence electrons. The number of nitrogens with zero attached hydrogens (tertiary/aromatic N) is 3. The van der Waals surface area contributed by atoms with Crippen LogP contribution in [0.4, 0.5) is 4.39 Å². The number of carbonyl (C=O) groups is 1. The molecule has 0 radical (unpaired) electrons. The van der Waals surface area contributed by atoms with Crippen molar-refractivity contribution in [2.24, 2.45) is 0 Å². The van der Waals surface area contributed by atoms with Gasteiger partial charge < -0.3 is 5.11 Å². The Morgan fingerprint density at radius 1 is 1.64 bits per heavy atom. The molecule has 0 saturated heterocycles. The van der Waals surface area contributed by atoms with Crippen LogP contribution >= 0.6 is 0 Å². The maximum Gasteiger partial charge on any atom is 0.358 e. The van der Waals surface area contributed by atoms with Gasteiger partial charge in [0.05, 0.1) is 12.2 Å². The monoisotopic (exact) mass is 201 g/mol. The first-order valence-corrected chi connectivity index (χ1v) is 4.42. The van der Waals surface area contributed by atoms with Crippen molar-refractivity contribution in [2.75, 3.05) is 6.67 Å². The number of rotatable bonds is 5. The number of aromatic nitrogens is 3. The van der Waals surface area contributed by atoms with Crippen LogP contribution in [0.2, 0.25) is 0 Å². The van der Waals surface area contributed by atoms with Crippen LogP contribution in [0.5, 0.6) is 0 Å². The molecule has 0 fully saturated rings. The predicted molar refractivity (Wildman–Crippen MR) is 47.0 cm³/mol. The number of alkyl halides is 1. The normalized spacial score (nSPS) is 10.4. The van der Waals surface area contributed by atoms with Gasteiger partial charge in [-0.15, -0.1) is 5.10 Å². The van der Waals surface area contributed by atoms with E-state index in [0.717, 1.165) is 6.42 Å². The quantitative estimate of drug-likeness (QED) is 0.768. The van der Waals surface area contributed by atoms with Crippen molar-refractivity contribution in [1.82, 2.24) is 15.0 Å². The van der Waals surface area contributed by atoms with E-state index >= 15 is 0 Å². The van der Waals surface area contributed by atoms with Crippen molar-refractivity contribution in [3.63, 3.8) is 0 Å². The van der Waals surface area contributed by atoms with Gasteiger partial charge in [0.25, 0.3) is 0 Å². The van der Waals surface area contributed by atoms with Gasteiger partial charge in [-0.2, -0.15) is 0 Å². The van der Waals surface area contributed by atoms with Crippen LogP contribution in [-0.4, -0.2) is 32.7 Å². The highest BCUT2D eigenvalue weighted by molar-refractivity contribution is 5.86. The smallest absolute Gasteiger partial charge is 0.358 e. The lowest BCUT2D eigenvalue weighted by Gasteiger charge is -2.02. The van der Waals surface area contributed by atoms with Crippen LogP contribution in [0.15, 0.2) is 0 Å². The Bertz CT molecular complexity index is 324. The molecule has 0 saturated carbocycles. The molecule has 14 heavy (non-hydrogen) atoms. The van der Waals surface area contributed by atoms with Crippen molar-refractivity contribution >= 4 is 5.97 Å². The summed E-state index contributed by atoms with van der Waals surface area (Å²) in [6.45, 7) is 1.41. The van der Waals surface area contributed by atoms with E-state index in [1.165, 1.54) is 4.68 Å². The summed E-state index contributed by atoms with van der Waals surface area (Å²) in [7, 11) is 0. The van der Waals surface area contributed by atoms with Gasteiger partial charge in [0.15, 0.2) is 5.69 Å². The maximum absolute atomic E-state index is 12.1. The lowest BCUT2D eigenvalue weighted by Crippen LogP contribution is -2.09. The molecule has 0 aliphatic carbocycles. The molecule has 1 rings (SSSR count). The first kappa shape index (κ1) is 10.6. The molecule has 0 spiro atoms. The van der Waals surface area contributed by atoms with E-state index in [1.54, 1.807) is 0 Å². The fraction of sp³-hybridized carbons (Fsp3) is 0.625. The Kier molecular flexibility index (Phi) is 3.55. The molecule has 0 bridgehead atoms. The van der Waals surface area contributed by atoms with Crippen molar-refractivity contribution < 1.29 is 14.3 Å². The fourth-order valence-electron chi connectivity index (χ4n) is 1.24. The van der Waals surface area contributed by atoms with Crippen LogP contribution in [0.3, 0.4) is 0 Å². The lowest BCUT2D eigenvalue weighted by molar-refractivity contribution is 0.0689. The van der Waals surface area contributed by atoms with Gasteiger partial charge >= 0.3 is 5.97 Å². The van der Waals surface area contributed by atoms with Gasteiger partial charge in [-0.3, -0.25) is 0 Å². The molecule has 0 aliphatic heterocycles. The fourth-order valence-corrected chi connectivity index (χ4v) is 1.24. The van der Waals surface area contributed by atoms with E-state index in [-0.39, 0.29) is 12.2 Å². The molecule has 5 nitrogen and oxygen atoms in total. The number of aromatic carboxylic acids is 1. The van der Waals surface area contributed by atoms with Crippen LogP contribution in [-0.2, 0) is 13.0 Å². The maximum atomic E-state index is 12.1. The molecule has 1 aromatic heterocycles. The Morgan fingerprint density at radius 2 is 2.36 bits per heavy atom. The van der Waals surface area contributed by atoms with Gasteiger partial charge in [-0.25, -0.2) is 13.9 Å². The first-order valence-electron chi connectivity index (χ1n) is 4.42. The second-order valence-corrected chi connectivity index (χ2v) is 2.85. The minimum atomic E-state index is -1.11. The first-order chi connectivity index (χ1) is 6.70. The number of carboxylic acid groups (broad SMARTS) is 1. The summed E-state index contributed by atoms with van der Waals surface area (Å²) < 4.78 is 13.4. The van der Waals surface area contributed by atoms with Crippen LogP contribution in [0.25, 0.3) is 0 Å². The SMILES string of the molecule is CCCc1c(C(=O)O)nnn1CCF. The third-order valence-corrected chi connectivity index (χ3v) is 1.82. The van der Waals surface area contributed by atoms with Gasteiger partial charge in [-0.05, 0) is 6.42 Å². The van der Waals surface area contributed by atoms with Crippen molar-refractivity contribution in [2.45, 2.75) is 26.3 Å². The Balaban J connectivity index is 3.00. The van der Waals surface area contributed by atoms with Gasteiger partial charge in [0.2, 0.25) is 0 Å². The van der Waals surface area contributed by atoms with Gasteiger partial charge in [0.1, 0.15) is 6.67 Å². The molecule has 0 atom stereocenters. The van der Waals surface area contributed by atoms with Crippen molar-refractivity contribution in [1.29, 1.82) is 0 Å². The van der Waals surface area contributed by atoms with Crippen molar-refractivity contribution in [3.8, 4) is 0 Å². The summed E-state index contributed by atoms with van der Waals surface area (Å²) >= 11 is 0. The second-order valence-electron chi connectivity index (χ2n) is 2.85. The molecule has 1 aromatic rings. The Labute approximate surface area is 80.5 Å². The molecule has 1 N–H and O–H groups in total. The second kappa shape index (κ2) is 4.69. The zero-order valence-corrected chi connectivity index (χ0v) is 7.90. The van der Waals surface area contributed by atoms with E-state index in [1.807, 2.05) is 6.92 Å².